The van der Waals surface area contributed by atoms with E-state index in [0.717, 1.165) is 5.56 Å². The summed E-state index contributed by atoms with van der Waals surface area (Å²) in [6.07, 6.45) is 0.422. The van der Waals surface area contributed by atoms with Gasteiger partial charge in [0.25, 0.3) is 5.91 Å². The second kappa shape index (κ2) is 8.14. The van der Waals surface area contributed by atoms with Crippen molar-refractivity contribution in [3.8, 4) is 0 Å². The number of aromatic nitrogens is 2. The van der Waals surface area contributed by atoms with Crippen LogP contribution in [0.5, 0.6) is 0 Å². The van der Waals surface area contributed by atoms with E-state index in [-0.39, 0.29) is 30.0 Å². The Hall–Kier alpha value is -3.20. The fourth-order valence-electron chi connectivity index (χ4n) is 3.96. The third-order valence-electron chi connectivity index (χ3n) is 5.58. The predicted octanol–water partition coefficient (Wildman–Crippen LogP) is 1.15. The molecule has 4 rings (SSSR count). The number of nitrogens with zero attached hydrogens (tertiary/aromatic N) is 2. The molecule has 162 valence electrons. The molecule has 31 heavy (non-hydrogen) atoms. The van der Waals surface area contributed by atoms with Crippen LogP contribution in [0.15, 0.2) is 58.1 Å². The van der Waals surface area contributed by atoms with Gasteiger partial charge in [-0.3, -0.25) is 19.0 Å². The SMILES string of the molecule is CCn1c(=O)c(=O)n(Cc2ccc(C(=O)NC3CCS(=O)(=O)C3)cc2)c2ccccc21. The highest BCUT2D eigenvalue weighted by atomic mass is 32.2. The zero-order valence-electron chi connectivity index (χ0n) is 17.1. The molecule has 0 saturated carbocycles. The number of sulfone groups is 1. The van der Waals surface area contributed by atoms with Gasteiger partial charge >= 0.3 is 11.1 Å². The molecule has 1 atom stereocenters. The molecule has 1 amide bonds. The molecular weight excluding hydrogens is 418 g/mol. The van der Waals surface area contributed by atoms with Crippen LogP contribution in [0.3, 0.4) is 0 Å². The van der Waals surface area contributed by atoms with Crippen molar-refractivity contribution in [1.29, 1.82) is 0 Å². The molecule has 1 N–H and O–H groups in total. The first-order valence-electron chi connectivity index (χ1n) is 10.1. The van der Waals surface area contributed by atoms with E-state index in [0.29, 0.717) is 29.6 Å². The molecule has 1 aliphatic heterocycles. The Bertz CT molecular complexity index is 1370. The van der Waals surface area contributed by atoms with Crippen molar-refractivity contribution < 1.29 is 13.2 Å². The summed E-state index contributed by atoms with van der Waals surface area (Å²) in [7, 11) is -3.07. The number of carbonyl (C=O) groups excluding carboxylic acids is 1. The first kappa shape index (κ1) is 21.0. The van der Waals surface area contributed by atoms with Crippen LogP contribution in [0.25, 0.3) is 11.0 Å². The van der Waals surface area contributed by atoms with Gasteiger partial charge in [-0.05, 0) is 43.2 Å². The van der Waals surface area contributed by atoms with Gasteiger partial charge in [0, 0.05) is 18.2 Å². The summed E-state index contributed by atoms with van der Waals surface area (Å²) in [6.45, 7) is 2.42. The lowest BCUT2D eigenvalue weighted by atomic mass is 10.1. The maximum Gasteiger partial charge on any atom is 0.317 e. The minimum atomic E-state index is -3.07. The third kappa shape index (κ3) is 4.18. The minimum Gasteiger partial charge on any atom is -0.348 e. The number of benzene rings is 2. The Balaban J connectivity index is 1.58. The monoisotopic (exact) mass is 441 g/mol. The molecule has 0 radical (unpaired) electrons. The lowest BCUT2D eigenvalue weighted by Crippen LogP contribution is -2.41. The van der Waals surface area contributed by atoms with Crippen LogP contribution in [-0.2, 0) is 22.9 Å². The Morgan fingerprint density at radius 2 is 1.61 bits per heavy atom. The van der Waals surface area contributed by atoms with E-state index >= 15 is 0 Å². The molecule has 8 nitrogen and oxygen atoms in total. The van der Waals surface area contributed by atoms with Crippen LogP contribution in [0.1, 0.15) is 29.3 Å². The molecule has 9 heteroatoms. The van der Waals surface area contributed by atoms with Gasteiger partial charge in [-0.15, -0.1) is 0 Å². The van der Waals surface area contributed by atoms with Crippen LogP contribution in [-0.4, -0.2) is 41.0 Å². The van der Waals surface area contributed by atoms with Crippen molar-refractivity contribution in [1.82, 2.24) is 14.5 Å². The second-order valence-corrected chi connectivity index (χ2v) is 9.93. The van der Waals surface area contributed by atoms with Crippen LogP contribution in [0.2, 0.25) is 0 Å². The lowest BCUT2D eigenvalue weighted by Gasteiger charge is -2.14. The zero-order valence-corrected chi connectivity index (χ0v) is 17.9. The number of hydrogen-bond acceptors (Lipinski definition) is 5. The average Bonchev–Trinajstić information content (AvgIpc) is 3.10. The number of para-hydroxylation sites is 2. The van der Waals surface area contributed by atoms with E-state index in [9.17, 15) is 22.8 Å². The van der Waals surface area contributed by atoms with Crippen molar-refractivity contribution in [2.24, 2.45) is 0 Å². The van der Waals surface area contributed by atoms with Crippen LogP contribution < -0.4 is 16.4 Å². The van der Waals surface area contributed by atoms with Crippen LogP contribution in [0.4, 0.5) is 0 Å². The summed E-state index contributed by atoms with van der Waals surface area (Å²) < 4.78 is 26.0. The quantitative estimate of drug-likeness (QED) is 0.598. The fourth-order valence-corrected chi connectivity index (χ4v) is 5.64. The van der Waals surface area contributed by atoms with Crippen molar-refractivity contribution in [2.75, 3.05) is 11.5 Å². The zero-order chi connectivity index (χ0) is 22.2. The molecule has 2 heterocycles. The second-order valence-electron chi connectivity index (χ2n) is 7.70. The van der Waals surface area contributed by atoms with Gasteiger partial charge < -0.3 is 9.88 Å². The minimum absolute atomic E-state index is 0.0316. The number of carbonyl (C=O) groups is 1. The van der Waals surface area contributed by atoms with Gasteiger partial charge in [0.05, 0.1) is 29.1 Å². The Morgan fingerprint density at radius 1 is 1.00 bits per heavy atom. The van der Waals surface area contributed by atoms with Gasteiger partial charge in [0.15, 0.2) is 9.84 Å². The molecular formula is C22H23N3O5S. The van der Waals surface area contributed by atoms with E-state index in [1.165, 1.54) is 9.13 Å². The number of amides is 1. The first-order chi connectivity index (χ1) is 14.8. The smallest absolute Gasteiger partial charge is 0.317 e. The molecule has 0 aliphatic carbocycles. The average molecular weight is 442 g/mol. The number of nitrogens with one attached hydrogen (secondary N) is 1. The van der Waals surface area contributed by atoms with Crippen molar-refractivity contribution in [3.05, 3.63) is 80.4 Å². The molecule has 0 spiro atoms. The molecule has 1 fully saturated rings. The molecule has 1 aliphatic rings. The van der Waals surface area contributed by atoms with Gasteiger partial charge in [-0.25, -0.2) is 8.42 Å². The van der Waals surface area contributed by atoms with Crippen molar-refractivity contribution >= 4 is 26.8 Å². The molecule has 1 saturated heterocycles. The van der Waals surface area contributed by atoms with E-state index < -0.39 is 21.0 Å². The fraction of sp³-hybridized carbons (Fsp3) is 0.318. The molecule has 3 aromatic rings. The third-order valence-corrected chi connectivity index (χ3v) is 7.35. The van der Waals surface area contributed by atoms with Gasteiger partial charge in [-0.2, -0.15) is 0 Å². The first-order valence-corrected chi connectivity index (χ1v) is 11.9. The summed E-state index contributed by atoms with van der Waals surface area (Å²) in [4.78, 5) is 37.6. The maximum atomic E-state index is 12.7. The van der Waals surface area contributed by atoms with Gasteiger partial charge in [0.1, 0.15) is 0 Å². The number of fused-ring (bicyclic) bond motifs is 1. The van der Waals surface area contributed by atoms with E-state index in [4.69, 9.17) is 0 Å². The van der Waals surface area contributed by atoms with Crippen molar-refractivity contribution in [2.45, 2.75) is 32.5 Å². The molecule has 1 unspecified atom stereocenters. The number of hydrogen-bond donors (Lipinski definition) is 1. The normalized spacial score (nSPS) is 17.6. The number of rotatable bonds is 5. The maximum absolute atomic E-state index is 12.7. The topological polar surface area (TPSA) is 107 Å². The number of aryl methyl sites for hydroxylation is 1. The van der Waals surface area contributed by atoms with E-state index in [2.05, 4.69) is 5.32 Å². The Morgan fingerprint density at radius 3 is 2.19 bits per heavy atom. The van der Waals surface area contributed by atoms with Crippen LogP contribution >= 0.6 is 0 Å². The van der Waals surface area contributed by atoms with Gasteiger partial charge in [-0.1, -0.05) is 24.3 Å². The Labute approximate surface area is 179 Å². The highest BCUT2D eigenvalue weighted by Crippen LogP contribution is 2.15. The standard InChI is InChI=1S/C22H23N3O5S/c1-2-24-18-5-3-4-6-19(18)25(22(28)21(24)27)13-15-7-9-16(10-8-15)20(26)23-17-11-12-31(29,30)14-17/h3-10,17H,2,11-14H2,1H3,(H,23,26). The largest absolute Gasteiger partial charge is 0.348 e. The molecule has 1 aromatic heterocycles. The van der Waals surface area contributed by atoms with E-state index in [1.54, 1.807) is 30.3 Å². The Kier molecular flexibility index (Phi) is 5.53. The summed E-state index contributed by atoms with van der Waals surface area (Å²) >= 11 is 0. The summed E-state index contributed by atoms with van der Waals surface area (Å²) in [6, 6.07) is 13.6. The highest BCUT2D eigenvalue weighted by molar-refractivity contribution is 7.91. The predicted molar refractivity (Wildman–Crippen MR) is 118 cm³/mol. The van der Waals surface area contributed by atoms with Gasteiger partial charge in [0.2, 0.25) is 0 Å². The van der Waals surface area contributed by atoms with Crippen molar-refractivity contribution in [3.63, 3.8) is 0 Å². The van der Waals surface area contributed by atoms with Crippen LogP contribution in [0, 0.1) is 0 Å². The van der Waals surface area contributed by atoms with E-state index in [1.807, 2.05) is 25.1 Å². The summed E-state index contributed by atoms with van der Waals surface area (Å²) in [5, 5.41) is 2.76. The molecule has 0 bridgehead atoms. The summed E-state index contributed by atoms with van der Waals surface area (Å²) in [5.74, 6) is -0.270. The summed E-state index contributed by atoms with van der Waals surface area (Å²) in [5.41, 5.74) is 1.37. The molecule has 2 aromatic carbocycles. The highest BCUT2D eigenvalue weighted by Gasteiger charge is 2.29. The lowest BCUT2D eigenvalue weighted by molar-refractivity contribution is 0.0941.